The molecule has 0 radical (unpaired) electrons. The molecule has 1 saturated heterocycles. The number of benzene rings is 1. The number of anilines is 1. The first-order chi connectivity index (χ1) is 14.5. The topological polar surface area (TPSA) is 66.4 Å². The summed E-state index contributed by atoms with van der Waals surface area (Å²) in [6.07, 6.45) is 5.87. The van der Waals surface area contributed by atoms with Gasteiger partial charge in [0.2, 0.25) is 11.8 Å². The molecule has 1 fully saturated rings. The van der Waals surface area contributed by atoms with Gasteiger partial charge < -0.3 is 4.90 Å². The molecule has 2 aromatic heterocycles. The molecule has 1 aliphatic heterocycles. The lowest BCUT2D eigenvalue weighted by Crippen LogP contribution is -2.43. The van der Waals surface area contributed by atoms with E-state index in [0.29, 0.717) is 32.5 Å². The first kappa shape index (κ1) is 20.5. The van der Waals surface area contributed by atoms with E-state index < -0.39 is 0 Å². The van der Waals surface area contributed by atoms with Gasteiger partial charge in [0.15, 0.2) is 5.13 Å². The number of aromatic nitrogens is 2. The van der Waals surface area contributed by atoms with Crippen LogP contribution in [-0.2, 0) is 22.6 Å². The summed E-state index contributed by atoms with van der Waals surface area (Å²) >= 11 is 1.56. The molecule has 0 atom stereocenters. The minimum absolute atomic E-state index is 0.0750. The summed E-state index contributed by atoms with van der Waals surface area (Å²) in [6.45, 7) is 5.43. The summed E-state index contributed by atoms with van der Waals surface area (Å²) in [5.41, 5.74) is 3.16. The highest BCUT2D eigenvalue weighted by atomic mass is 32.1. The smallest absolute Gasteiger partial charge is 0.232 e. The van der Waals surface area contributed by atoms with Crippen molar-refractivity contribution in [2.45, 2.75) is 39.7 Å². The van der Waals surface area contributed by atoms with Crippen molar-refractivity contribution in [2.24, 2.45) is 5.92 Å². The molecule has 1 aromatic carbocycles. The Labute approximate surface area is 180 Å². The molecule has 2 amide bonds. The van der Waals surface area contributed by atoms with E-state index in [1.54, 1.807) is 35.6 Å². The Balaban J connectivity index is 1.63. The molecule has 156 valence electrons. The van der Waals surface area contributed by atoms with Crippen LogP contribution < -0.4 is 4.90 Å². The zero-order valence-electron chi connectivity index (χ0n) is 17.4. The minimum atomic E-state index is -0.101. The number of piperidine rings is 1. The van der Waals surface area contributed by atoms with E-state index in [9.17, 15) is 9.59 Å². The van der Waals surface area contributed by atoms with Gasteiger partial charge in [-0.25, -0.2) is 4.98 Å². The van der Waals surface area contributed by atoms with E-state index in [1.165, 1.54) is 5.56 Å². The molecule has 0 bridgehead atoms. The Kier molecular flexibility index (Phi) is 6.08. The zero-order valence-corrected chi connectivity index (χ0v) is 18.2. The fourth-order valence-electron chi connectivity index (χ4n) is 3.87. The van der Waals surface area contributed by atoms with Gasteiger partial charge in [-0.3, -0.25) is 19.5 Å². The van der Waals surface area contributed by atoms with E-state index in [-0.39, 0.29) is 17.7 Å². The number of carbonyl (C=O) groups excluding carboxylic acids is 2. The number of amides is 2. The Morgan fingerprint density at radius 3 is 2.67 bits per heavy atom. The number of thiazole rings is 1. The lowest BCUT2D eigenvalue weighted by atomic mass is 9.95. The van der Waals surface area contributed by atoms with Crippen LogP contribution >= 0.6 is 11.3 Å². The first-order valence-electron chi connectivity index (χ1n) is 10.4. The number of carbonyl (C=O) groups is 2. The fourth-order valence-corrected chi connectivity index (χ4v) is 4.90. The summed E-state index contributed by atoms with van der Waals surface area (Å²) in [4.78, 5) is 37.8. The second kappa shape index (κ2) is 8.92. The van der Waals surface area contributed by atoms with Crippen molar-refractivity contribution in [1.82, 2.24) is 14.9 Å². The molecular weight excluding hydrogens is 396 g/mol. The third-order valence-corrected chi connectivity index (χ3v) is 6.74. The number of fused-ring (bicyclic) bond motifs is 1. The van der Waals surface area contributed by atoms with Crippen LogP contribution in [0.15, 0.2) is 42.7 Å². The number of rotatable bonds is 5. The van der Waals surface area contributed by atoms with Crippen LogP contribution in [0.4, 0.5) is 5.13 Å². The summed E-state index contributed by atoms with van der Waals surface area (Å²) in [6, 6.07) is 10.2. The summed E-state index contributed by atoms with van der Waals surface area (Å²) in [5, 5.41) is 0.723. The highest BCUT2D eigenvalue weighted by Crippen LogP contribution is 2.33. The highest BCUT2D eigenvalue weighted by molar-refractivity contribution is 7.22. The van der Waals surface area contributed by atoms with E-state index in [0.717, 1.165) is 27.3 Å². The average molecular weight is 423 g/mol. The Hall–Kier alpha value is -2.80. The van der Waals surface area contributed by atoms with Crippen LogP contribution in [0, 0.1) is 5.92 Å². The molecule has 1 aliphatic rings. The monoisotopic (exact) mass is 422 g/mol. The molecule has 4 rings (SSSR count). The fraction of sp³-hybridized carbons (Fsp3) is 0.391. The number of likely N-dealkylation sites (tertiary alicyclic amines) is 1. The average Bonchev–Trinajstić information content (AvgIpc) is 3.20. The van der Waals surface area contributed by atoms with Crippen molar-refractivity contribution in [3.05, 3.63) is 53.9 Å². The number of pyridine rings is 1. The van der Waals surface area contributed by atoms with Crippen molar-refractivity contribution in [1.29, 1.82) is 0 Å². The van der Waals surface area contributed by atoms with Gasteiger partial charge in [-0.15, -0.1) is 0 Å². The van der Waals surface area contributed by atoms with Gasteiger partial charge in [-0.2, -0.15) is 0 Å². The molecule has 3 aromatic rings. The predicted molar refractivity (Wildman–Crippen MR) is 119 cm³/mol. The van der Waals surface area contributed by atoms with Gasteiger partial charge in [-0.1, -0.05) is 30.4 Å². The van der Waals surface area contributed by atoms with Crippen molar-refractivity contribution in [3.8, 4) is 0 Å². The third-order valence-electron chi connectivity index (χ3n) is 5.70. The summed E-state index contributed by atoms with van der Waals surface area (Å²) in [7, 11) is 0. The lowest BCUT2D eigenvalue weighted by Gasteiger charge is -2.33. The Bertz CT molecular complexity index is 1040. The van der Waals surface area contributed by atoms with Crippen molar-refractivity contribution < 1.29 is 9.59 Å². The molecule has 7 heteroatoms. The van der Waals surface area contributed by atoms with Gasteiger partial charge in [0, 0.05) is 38.3 Å². The number of hydrogen-bond acceptors (Lipinski definition) is 5. The van der Waals surface area contributed by atoms with Crippen LogP contribution in [0.2, 0.25) is 0 Å². The lowest BCUT2D eigenvalue weighted by molar-refractivity contribution is -0.133. The van der Waals surface area contributed by atoms with Crippen molar-refractivity contribution >= 4 is 38.5 Å². The highest BCUT2D eigenvalue weighted by Gasteiger charge is 2.31. The molecule has 0 aliphatic carbocycles. The second-order valence-electron chi connectivity index (χ2n) is 7.72. The third kappa shape index (κ3) is 4.36. The summed E-state index contributed by atoms with van der Waals surface area (Å²) < 4.78 is 1.10. The van der Waals surface area contributed by atoms with Gasteiger partial charge in [-0.05, 0) is 48.6 Å². The molecule has 0 unspecified atom stereocenters. The molecular formula is C23H26N4O2S. The quantitative estimate of drug-likeness (QED) is 0.622. The summed E-state index contributed by atoms with van der Waals surface area (Å²) in [5.74, 6) is 0.0540. The zero-order chi connectivity index (χ0) is 21.1. The van der Waals surface area contributed by atoms with Crippen LogP contribution in [0.3, 0.4) is 0 Å². The number of aryl methyl sites for hydroxylation is 1. The Morgan fingerprint density at radius 2 is 2.00 bits per heavy atom. The van der Waals surface area contributed by atoms with Gasteiger partial charge in [0.25, 0.3) is 0 Å². The predicted octanol–water partition coefficient (Wildman–Crippen LogP) is 4.05. The van der Waals surface area contributed by atoms with E-state index in [4.69, 9.17) is 4.98 Å². The molecule has 0 spiro atoms. The van der Waals surface area contributed by atoms with Crippen LogP contribution in [-0.4, -0.2) is 39.8 Å². The van der Waals surface area contributed by atoms with Gasteiger partial charge in [0.05, 0.1) is 16.8 Å². The van der Waals surface area contributed by atoms with Crippen LogP contribution in [0.25, 0.3) is 10.2 Å². The Morgan fingerprint density at radius 1 is 1.20 bits per heavy atom. The van der Waals surface area contributed by atoms with Gasteiger partial charge in [0.1, 0.15) is 0 Å². The molecule has 6 nitrogen and oxygen atoms in total. The molecule has 30 heavy (non-hydrogen) atoms. The van der Waals surface area contributed by atoms with Crippen LogP contribution in [0.1, 0.15) is 37.8 Å². The standard InChI is InChI=1S/C23H26N4O2S/c1-3-17-6-7-20-21(13-17)30-23(25-20)27(15-18-5-4-10-24-14-18)22(29)19-8-11-26(12-9-19)16(2)28/h4-7,10,13-14,19H,3,8-9,11-12,15H2,1-2H3. The maximum atomic E-state index is 13.5. The first-order valence-corrected chi connectivity index (χ1v) is 11.2. The molecule has 0 N–H and O–H groups in total. The molecule has 3 heterocycles. The largest absolute Gasteiger partial charge is 0.343 e. The maximum absolute atomic E-state index is 13.5. The van der Waals surface area contributed by atoms with Crippen molar-refractivity contribution in [3.63, 3.8) is 0 Å². The van der Waals surface area contributed by atoms with Crippen LogP contribution in [0.5, 0.6) is 0 Å². The maximum Gasteiger partial charge on any atom is 0.232 e. The SMILES string of the molecule is CCc1ccc2nc(N(Cc3cccnc3)C(=O)C3CCN(C(C)=O)CC3)sc2c1. The van der Waals surface area contributed by atoms with Crippen molar-refractivity contribution in [2.75, 3.05) is 18.0 Å². The van der Waals surface area contributed by atoms with E-state index >= 15 is 0 Å². The molecule has 0 saturated carbocycles. The second-order valence-corrected chi connectivity index (χ2v) is 8.73. The minimum Gasteiger partial charge on any atom is -0.343 e. The van der Waals surface area contributed by atoms with E-state index in [2.05, 4.69) is 24.0 Å². The van der Waals surface area contributed by atoms with Gasteiger partial charge >= 0.3 is 0 Å². The number of hydrogen-bond donors (Lipinski definition) is 0. The normalized spacial score (nSPS) is 14.8. The number of nitrogens with zero attached hydrogens (tertiary/aromatic N) is 4. The van der Waals surface area contributed by atoms with E-state index in [1.807, 2.05) is 23.1 Å².